The van der Waals surface area contributed by atoms with E-state index in [2.05, 4.69) is 29.2 Å². The van der Waals surface area contributed by atoms with Crippen LogP contribution in [0.1, 0.15) is 41.5 Å². The molecule has 32 heavy (non-hydrogen) atoms. The first-order valence-corrected chi connectivity index (χ1v) is 13.5. The van der Waals surface area contributed by atoms with Crippen LogP contribution in [0.4, 0.5) is 0 Å². The van der Waals surface area contributed by atoms with Gasteiger partial charge in [0.2, 0.25) is 10.0 Å². The lowest BCUT2D eigenvalue weighted by atomic mass is 9.91. The van der Waals surface area contributed by atoms with Crippen LogP contribution in [0.25, 0.3) is 0 Å². The second kappa shape index (κ2) is 9.64. The molecule has 0 radical (unpaired) electrons. The molecule has 5 nitrogen and oxygen atoms in total. The summed E-state index contributed by atoms with van der Waals surface area (Å²) in [6.07, 6.45) is 6.11. The zero-order chi connectivity index (χ0) is 22.0. The maximum atomic E-state index is 13.2. The summed E-state index contributed by atoms with van der Waals surface area (Å²) >= 11 is 0. The lowest BCUT2D eigenvalue weighted by molar-refractivity contribution is 0.0342. The molecule has 0 bridgehead atoms. The monoisotopic (exact) mass is 454 g/mol. The van der Waals surface area contributed by atoms with Gasteiger partial charge in [-0.05, 0) is 78.8 Å². The number of rotatable bonds is 6. The van der Waals surface area contributed by atoms with Gasteiger partial charge in [-0.1, -0.05) is 30.3 Å². The summed E-state index contributed by atoms with van der Waals surface area (Å²) in [7, 11) is -3.38. The number of piperidine rings is 1. The van der Waals surface area contributed by atoms with Gasteiger partial charge in [0.15, 0.2) is 0 Å². The average molecular weight is 455 g/mol. The van der Waals surface area contributed by atoms with Crippen molar-refractivity contribution in [2.24, 2.45) is 5.92 Å². The molecular formula is C26H34N2O3S. The largest absolute Gasteiger partial charge is 0.379 e. The molecule has 172 valence electrons. The van der Waals surface area contributed by atoms with E-state index in [9.17, 15) is 8.42 Å². The topological polar surface area (TPSA) is 49.9 Å². The van der Waals surface area contributed by atoms with Gasteiger partial charge in [0.05, 0.1) is 18.1 Å². The van der Waals surface area contributed by atoms with Gasteiger partial charge in [0.25, 0.3) is 0 Å². The van der Waals surface area contributed by atoms with Crippen LogP contribution in [-0.2, 0) is 40.6 Å². The number of ether oxygens (including phenoxy) is 1. The van der Waals surface area contributed by atoms with E-state index < -0.39 is 10.0 Å². The average Bonchev–Trinajstić information content (AvgIpc) is 3.30. The Labute approximate surface area is 192 Å². The first-order chi connectivity index (χ1) is 15.6. The quantitative estimate of drug-likeness (QED) is 0.669. The van der Waals surface area contributed by atoms with Crippen molar-refractivity contribution in [1.29, 1.82) is 0 Å². The molecule has 0 atom stereocenters. The summed E-state index contributed by atoms with van der Waals surface area (Å²) in [5.74, 6) is 0.548. The fraction of sp³-hybridized carbons (Fsp3) is 0.538. The third-order valence-corrected chi connectivity index (χ3v) is 9.23. The Morgan fingerprint density at radius 1 is 0.844 bits per heavy atom. The highest BCUT2D eigenvalue weighted by Gasteiger charge is 2.30. The zero-order valence-corrected chi connectivity index (χ0v) is 19.7. The maximum Gasteiger partial charge on any atom is 0.243 e. The van der Waals surface area contributed by atoms with E-state index in [1.807, 2.05) is 18.2 Å². The van der Waals surface area contributed by atoms with Crippen LogP contribution in [0.2, 0.25) is 0 Å². The minimum atomic E-state index is -3.38. The Balaban J connectivity index is 1.14. The summed E-state index contributed by atoms with van der Waals surface area (Å²) in [5.41, 5.74) is 5.25. The van der Waals surface area contributed by atoms with E-state index in [0.29, 0.717) is 23.9 Å². The highest BCUT2D eigenvalue weighted by molar-refractivity contribution is 7.89. The predicted molar refractivity (Wildman–Crippen MR) is 126 cm³/mol. The van der Waals surface area contributed by atoms with E-state index in [4.69, 9.17) is 4.74 Å². The third-order valence-electron chi connectivity index (χ3n) is 7.34. The number of benzene rings is 2. The summed E-state index contributed by atoms with van der Waals surface area (Å²) in [5, 5.41) is 0. The molecule has 3 aliphatic rings. The van der Waals surface area contributed by atoms with Crippen molar-refractivity contribution in [3.63, 3.8) is 0 Å². The van der Waals surface area contributed by atoms with E-state index in [-0.39, 0.29) is 0 Å². The van der Waals surface area contributed by atoms with Crippen molar-refractivity contribution in [3.05, 3.63) is 64.7 Å². The van der Waals surface area contributed by atoms with E-state index >= 15 is 0 Å². The number of fused-ring (bicyclic) bond motifs is 1. The lowest BCUT2D eigenvalue weighted by Crippen LogP contribution is -2.38. The van der Waals surface area contributed by atoms with E-state index in [1.165, 1.54) is 22.3 Å². The first kappa shape index (κ1) is 22.1. The Bertz CT molecular complexity index is 1020. The zero-order valence-electron chi connectivity index (χ0n) is 18.8. The Kier molecular flexibility index (Phi) is 6.65. The first-order valence-electron chi connectivity index (χ1n) is 12.1. The minimum absolute atomic E-state index is 0.479. The molecule has 5 rings (SSSR count). The minimum Gasteiger partial charge on any atom is -0.379 e. The van der Waals surface area contributed by atoms with Gasteiger partial charge in [-0.25, -0.2) is 8.42 Å². The van der Waals surface area contributed by atoms with Crippen LogP contribution in [0.15, 0.2) is 47.4 Å². The summed E-state index contributed by atoms with van der Waals surface area (Å²) < 4.78 is 33.5. The molecule has 0 aromatic heterocycles. The van der Waals surface area contributed by atoms with E-state index in [0.717, 1.165) is 71.4 Å². The normalized spacial score (nSPS) is 21.0. The van der Waals surface area contributed by atoms with Crippen molar-refractivity contribution in [2.75, 3.05) is 39.4 Å². The number of sulfonamides is 1. The number of hydrogen-bond acceptors (Lipinski definition) is 4. The molecule has 0 saturated carbocycles. The summed E-state index contributed by atoms with van der Waals surface area (Å²) in [6, 6.07) is 14.8. The standard InChI is InChI=1S/C26H34N2O3S/c29-32(30,26-9-8-24-2-1-3-25(24)19-26)28-12-10-22(11-13-28)18-21-4-6-23(7-5-21)20-27-14-16-31-17-15-27/h4-9,19,22H,1-3,10-18,20H2. The summed E-state index contributed by atoms with van der Waals surface area (Å²) in [6.45, 7) is 5.92. The molecule has 0 amide bonds. The van der Waals surface area contributed by atoms with Crippen LogP contribution in [0.5, 0.6) is 0 Å². The van der Waals surface area contributed by atoms with Crippen LogP contribution >= 0.6 is 0 Å². The van der Waals surface area contributed by atoms with Crippen molar-refractivity contribution < 1.29 is 13.2 Å². The fourth-order valence-corrected chi connectivity index (χ4v) is 6.86. The molecule has 2 aromatic carbocycles. The van der Waals surface area contributed by atoms with Gasteiger partial charge < -0.3 is 4.74 Å². The van der Waals surface area contributed by atoms with Crippen molar-refractivity contribution in [1.82, 2.24) is 9.21 Å². The van der Waals surface area contributed by atoms with Crippen LogP contribution < -0.4 is 0 Å². The molecule has 2 saturated heterocycles. The molecule has 0 spiro atoms. The molecule has 2 heterocycles. The molecule has 1 aliphatic carbocycles. The smallest absolute Gasteiger partial charge is 0.243 e. The van der Waals surface area contributed by atoms with Crippen molar-refractivity contribution >= 4 is 10.0 Å². The fourth-order valence-electron chi connectivity index (χ4n) is 5.34. The van der Waals surface area contributed by atoms with Crippen LogP contribution in [0, 0.1) is 5.92 Å². The second-order valence-electron chi connectivity index (χ2n) is 9.54. The Morgan fingerprint density at radius 3 is 2.28 bits per heavy atom. The van der Waals surface area contributed by atoms with Gasteiger partial charge in [0.1, 0.15) is 0 Å². The van der Waals surface area contributed by atoms with Crippen molar-refractivity contribution in [2.45, 2.75) is 50.0 Å². The molecule has 2 aliphatic heterocycles. The number of nitrogens with zero attached hydrogens (tertiary/aromatic N) is 2. The molecule has 2 aromatic rings. The molecule has 6 heteroatoms. The molecule has 0 unspecified atom stereocenters. The highest BCUT2D eigenvalue weighted by atomic mass is 32.2. The maximum absolute atomic E-state index is 13.2. The Hall–Kier alpha value is -1.73. The van der Waals surface area contributed by atoms with Gasteiger partial charge in [-0.15, -0.1) is 0 Å². The summed E-state index contributed by atoms with van der Waals surface area (Å²) in [4.78, 5) is 2.92. The van der Waals surface area contributed by atoms with Gasteiger partial charge >= 0.3 is 0 Å². The third kappa shape index (κ3) is 4.93. The van der Waals surface area contributed by atoms with Crippen molar-refractivity contribution in [3.8, 4) is 0 Å². The van der Waals surface area contributed by atoms with Gasteiger partial charge in [0, 0.05) is 32.7 Å². The highest BCUT2D eigenvalue weighted by Crippen LogP contribution is 2.29. The molecule has 0 N–H and O–H groups in total. The molecule has 2 fully saturated rings. The predicted octanol–water partition coefficient (Wildman–Crippen LogP) is 3.65. The molecular weight excluding hydrogens is 420 g/mol. The van der Waals surface area contributed by atoms with E-state index in [1.54, 1.807) is 4.31 Å². The van der Waals surface area contributed by atoms with Crippen LogP contribution in [-0.4, -0.2) is 57.0 Å². The lowest BCUT2D eigenvalue weighted by Gasteiger charge is -2.31. The van der Waals surface area contributed by atoms with Crippen LogP contribution in [0.3, 0.4) is 0 Å². The number of aryl methyl sites for hydroxylation is 2. The van der Waals surface area contributed by atoms with Gasteiger partial charge in [-0.2, -0.15) is 4.31 Å². The van der Waals surface area contributed by atoms with Gasteiger partial charge in [-0.3, -0.25) is 4.90 Å². The second-order valence-corrected chi connectivity index (χ2v) is 11.5. The SMILES string of the molecule is O=S(=O)(c1ccc2c(c1)CCC2)N1CCC(Cc2ccc(CN3CCOCC3)cc2)CC1. The number of morpholine rings is 1. The Morgan fingerprint density at radius 2 is 1.53 bits per heavy atom. The number of hydrogen-bond donors (Lipinski definition) is 0.